The highest BCUT2D eigenvalue weighted by molar-refractivity contribution is 5.53. The molecule has 0 amide bonds. The van der Waals surface area contributed by atoms with E-state index in [-0.39, 0.29) is 0 Å². The number of rotatable bonds is 1. The van der Waals surface area contributed by atoms with E-state index in [0.29, 0.717) is 6.04 Å². The Labute approximate surface area is 72.6 Å². The fourth-order valence-corrected chi connectivity index (χ4v) is 1.74. The minimum Gasteiger partial charge on any atom is -0.264 e. The molecule has 2 heteroatoms. The van der Waals surface area contributed by atoms with Crippen molar-refractivity contribution in [3.63, 3.8) is 0 Å². The summed E-state index contributed by atoms with van der Waals surface area (Å²) in [7, 11) is 2.13. The number of nitrogens with zero attached hydrogens (tertiary/aromatic N) is 2. The van der Waals surface area contributed by atoms with Crippen LogP contribution in [-0.2, 0) is 0 Å². The van der Waals surface area contributed by atoms with Gasteiger partial charge in [0.1, 0.15) is 13.3 Å². The van der Waals surface area contributed by atoms with E-state index in [4.69, 9.17) is 0 Å². The lowest BCUT2D eigenvalue weighted by atomic mass is 10.1. The molecule has 1 unspecified atom stereocenters. The standard InChI is InChI=1S/C10H13N2/c1-12-7-3-5-10(12)9-4-2-6-11-8-9/h2,4,6-8,10H,3,5H2,1H3/q+1. The Morgan fingerprint density at radius 3 is 3.08 bits per heavy atom. The number of pyridine rings is 1. The molecule has 1 aliphatic rings. The maximum atomic E-state index is 4.12. The predicted octanol–water partition coefficient (Wildman–Crippen LogP) is 1.63. The van der Waals surface area contributed by atoms with Gasteiger partial charge in [-0.1, -0.05) is 0 Å². The van der Waals surface area contributed by atoms with Gasteiger partial charge < -0.3 is 0 Å². The Morgan fingerprint density at radius 2 is 2.50 bits per heavy atom. The van der Waals surface area contributed by atoms with Crippen molar-refractivity contribution >= 4 is 6.21 Å². The molecule has 1 aliphatic heterocycles. The van der Waals surface area contributed by atoms with Crippen molar-refractivity contribution < 1.29 is 4.58 Å². The van der Waals surface area contributed by atoms with Crippen LogP contribution < -0.4 is 0 Å². The molecule has 1 atom stereocenters. The van der Waals surface area contributed by atoms with Crippen LogP contribution in [0.4, 0.5) is 0 Å². The summed E-state index contributed by atoms with van der Waals surface area (Å²) < 4.78 is 2.27. The Hall–Kier alpha value is -1.18. The topological polar surface area (TPSA) is 15.9 Å². The van der Waals surface area contributed by atoms with Gasteiger partial charge in [-0.25, -0.2) is 4.58 Å². The summed E-state index contributed by atoms with van der Waals surface area (Å²) in [6.45, 7) is 0. The predicted molar refractivity (Wildman–Crippen MR) is 48.5 cm³/mol. The molecule has 0 saturated carbocycles. The first-order valence-corrected chi connectivity index (χ1v) is 4.33. The van der Waals surface area contributed by atoms with E-state index in [9.17, 15) is 0 Å². The molecule has 0 fully saturated rings. The van der Waals surface area contributed by atoms with E-state index in [1.165, 1.54) is 18.4 Å². The molecule has 1 aromatic heterocycles. The zero-order valence-electron chi connectivity index (χ0n) is 7.27. The van der Waals surface area contributed by atoms with Crippen molar-refractivity contribution in [1.82, 2.24) is 4.98 Å². The highest BCUT2D eigenvalue weighted by Gasteiger charge is 2.24. The quantitative estimate of drug-likeness (QED) is 0.572. The van der Waals surface area contributed by atoms with Crippen molar-refractivity contribution in [3.05, 3.63) is 30.1 Å². The summed E-state index contributed by atoms with van der Waals surface area (Å²) in [6, 6.07) is 4.70. The van der Waals surface area contributed by atoms with Gasteiger partial charge in [0, 0.05) is 30.8 Å². The first-order chi connectivity index (χ1) is 5.88. The minimum absolute atomic E-state index is 0.554. The molecule has 0 N–H and O–H groups in total. The summed E-state index contributed by atoms with van der Waals surface area (Å²) in [4.78, 5) is 4.12. The van der Waals surface area contributed by atoms with Crippen LogP contribution >= 0.6 is 0 Å². The lowest BCUT2D eigenvalue weighted by molar-refractivity contribution is -0.532. The Kier molecular flexibility index (Phi) is 1.90. The molecule has 2 nitrogen and oxygen atoms in total. The van der Waals surface area contributed by atoms with Gasteiger partial charge in [-0.3, -0.25) is 4.98 Å². The summed E-state index contributed by atoms with van der Waals surface area (Å²) in [6.07, 6.45) is 8.44. The van der Waals surface area contributed by atoms with Crippen molar-refractivity contribution in [2.24, 2.45) is 0 Å². The molecule has 0 saturated heterocycles. The molecular weight excluding hydrogens is 148 g/mol. The molecule has 2 heterocycles. The second kappa shape index (κ2) is 3.05. The van der Waals surface area contributed by atoms with Crippen LogP contribution in [0, 0.1) is 0 Å². The molecule has 0 aromatic carbocycles. The highest BCUT2D eigenvalue weighted by Crippen LogP contribution is 2.23. The summed E-state index contributed by atoms with van der Waals surface area (Å²) in [5, 5.41) is 0. The molecule has 0 bridgehead atoms. The summed E-state index contributed by atoms with van der Waals surface area (Å²) in [5.41, 5.74) is 1.33. The van der Waals surface area contributed by atoms with Gasteiger partial charge >= 0.3 is 0 Å². The van der Waals surface area contributed by atoms with Crippen LogP contribution in [0.2, 0.25) is 0 Å². The van der Waals surface area contributed by atoms with Crippen LogP contribution in [0.5, 0.6) is 0 Å². The van der Waals surface area contributed by atoms with Crippen LogP contribution in [-0.4, -0.2) is 22.8 Å². The van der Waals surface area contributed by atoms with Crippen molar-refractivity contribution in [3.8, 4) is 0 Å². The van der Waals surface area contributed by atoms with Gasteiger partial charge in [-0.15, -0.1) is 0 Å². The van der Waals surface area contributed by atoms with Gasteiger partial charge in [0.2, 0.25) is 0 Å². The second-order valence-corrected chi connectivity index (χ2v) is 3.23. The lowest BCUT2D eigenvalue weighted by Crippen LogP contribution is -2.08. The first kappa shape index (κ1) is 7.47. The molecule has 0 radical (unpaired) electrons. The number of hydrogen-bond donors (Lipinski definition) is 0. The molecule has 0 aliphatic carbocycles. The summed E-state index contributed by atoms with van der Waals surface area (Å²) >= 11 is 0. The van der Waals surface area contributed by atoms with E-state index in [0.717, 1.165) is 0 Å². The van der Waals surface area contributed by atoms with E-state index >= 15 is 0 Å². The van der Waals surface area contributed by atoms with Crippen LogP contribution in [0.1, 0.15) is 24.4 Å². The van der Waals surface area contributed by atoms with Crippen LogP contribution in [0.15, 0.2) is 24.5 Å². The largest absolute Gasteiger partial charge is 0.264 e. The molecular formula is C10H13N2+. The van der Waals surface area contributed by atoms with Crippen LogP contribution in [0.3, 0.4) is 0 Å². The minimum atomic E-state index is 0.554. The fourth-order valence-electron chi connectivity index (χ4n) is 1.74. The second-order valence-electron chi connectivity index (χ2n) is 3.23. The first-order valence-electron chi connectivity index (χ1n) is 4.33. The van der Waals surface area contributed by atoms with E-state index in [2.05, 4.69) is 28.9 Å². The Morgan fingerprint density at radius 1 is 1.58 bits per heavy atom. The van der Waals surface area contributed by atoms with E-state index < -0.39 is 0 Å². The molecule has 0 spiro atoms. The average molecular weight is 161 g/mol. The van der Waals surface area contributed by atoms with Gasteiger partial charge in [-0.2, -0.15) is 0 Å². The van der Waals surface area contributed by atoms with Crippen LogP contribution in [0.25, 0.3) is 0 Å². The van der Waals surface area contributed by atoms with E-state index in [1.54, 1.807) is 0 Å². The van der Waals surface area contributed by atoms with Gasteiger partial charge in [0.25, 0.3) is 0 Å². The van der Waals surface area contributed by atoms with Gasteiger partial charge in [0.15, 0.2) is 6.04 Å². The Bertz CT molecular complexity index is 290. The third-order valence-corrected chi connectivity index (χ3v) is 2.42. The third kappa shape index (κ3) is 1.24. The Balaban J connectivity index is 2.27. The third-order valence-electron chi connectivity index (χ3n) is 2.42. The van der Waals surface area contributed by atoms with Crippen molar-refractivity contribution in [2.45, 2.75) is 18.9 Å². The maximum Gasteiger partial charge on any atom is 0.179 e. The highest BCUT2D eigenvalue weighted by atomic mass is 15.0. The smallest absolute Gasteiger partial charge is 0.179 e. The lowest BCUT2D eigenvalue weighted by Gasteiger charge is -2.05. The van der Waals surface area contributed by atoms with Crippen molar-refractivity contribution in [1.29, 1.82) is 0 Å². The molecule has 2 rings (SSSR count). The number of hydrogen-bond acceptors (Lipinski definition) is 1. The normalized spacial score (nSPS) is 22.4. The van der Waals surface area contributed by atoms with Gasteiger partial charge in [0.05, 0.1) is 0 Å². The number of aromatic nitrogens is 1. The molecule has 62 valence electrons. The zero-order valence-corrected chi connectivity index (χ0v) is 7.27. The monoisotopic (exact) mass is 161 g/mol. The van der Waals surface area contributed by atoms with Crippen molar-refractivity contribution in [2.75, 3.05) is 7.05 Å². The average Bonchev–Trinajstić information content (AvgIpc) is 2.53. The summed E-state index contributed by atoms with van der Waals surface area (Å²) in [5.74, 6) is 0. The van der Waals surface area contributed by atoms with E-state index in [1.807, 2.05) is 18.5 Å². The molecule has 1 aromatic rings. The SMILES string of the molecule is C[N+]1=CCCC1c1cccnc1. The molecule has 12 heavy (non-hydrogen) atoms. The fraction of sp³-hybridized carbons (Fsp3) is 0.400. The maximum absolute atomic E-state index is 4.12. The van der Waals surface area contributed by atoms with Gasteiger partial charge in [-0.05, 0) is 12.1 Å². The zero-order chi connectivity index (χ0) is 8.39.